The molecule has 0 radical (unpaired) electrons. The van der Waals surface area contributed by atoms with Gasteiger partial charge in [-0.2, -0.15) is 22.0 Å². The molecule has 0 amide bonds. The number of aromatic nitrogens is 2. The fourth-order valence-electron chi connectivity index (χ4n) is 4.13. The van der Waals surface area contributed by atoms with Crippen molar-refractivity contribution < 1.29 is 45.7 Å². The zero-order chi connectivity index (χ0) is 27.3. The van der Waals surface area contributed by atoms with Gasteiger partial charge in [-0.25, -0.2) is 4.98 Å². The molecule has 1 fully saturated rings. The number of halogens is 5. The molecule has 1 aliphatic heterocycles. The number of ether oxygens (including phenoxy) is 4. The van der Waals surface area contributed by atoms with Crippen LogP contribution in [-0.4, -0.2) is 79.4 Å². The van der Waals surface area contributed by atoms with Crippen LogP contribution in [0.4, 0.5) is 22.0 Å². The van der Waals surface area contributed by atoms with Gasteiger partial charge in [0, 0.05) is 43.9 Å². The molecule has 0 bridgehead atoms. The van der Waals surface area contributed by atoms with Crippen LogP contribution in [0.25, 0.3) is 16.9 Å². The Hall–Kier alpha value is -3.45. The first-order valence-corrected chi connectivity index (χ1v) is 11.8. The minimum absolute atomic E-state index is 0.191. The third-order valence-corrected chi connectivity index (χ3v) is 5.98. The Morgan fingerprint density at radius 2 is 1.89 bits per heavy atom. The number of ketones is 1. The first-order valence-electron chi connectivity index (χ1n) is 11.8. The van der Waals surface area contributed by atoms with Crippen LogP contribution in [0.15, 0.2) is 36.7 Å². The van der Waals surface area contributed by atoms with Crippen LogP contribution < -0.4 is 14.2 Å². The van der Waals surface area contributed by atoms with E-state index in [-0.39, 0.29) is 5.75 Å². The Morgan fingerprint density at radius 3 is 2.58 bits per heavy atom. The maximum Gasteiger partial charge on any atom is 0.389 e. The van der Waals surface area contributed by atoms with E-state index in [2.05, 4.69) is 14.6 Å². The molecular weight excluding hydrogens is 517 g/mol. The number of benzene rings is 1. The van der Waals surface area contributed by atoms with Gasteiger partial charge in [0.2, 0.25) is 0 Å². The van der Waals surface area contributed by atoms with E-state index in [1.807, 2.05) is 0 Å². The predicted octanol–water partition coefficient (Wildman–Crippen LogP) is 4.85. The zero-order valence-electron chi connectivity index (χ0n) is 20.5. The maximum absolute atomic E-state index is 13.2. The number of fused-ring (bicyclic) bond motifs is 1. The summed E-state index contributed by atoms with van der Waals surface area (Å²) >= 11 is 0. The van der Waals surface area contributed by atoms with E-state index in [9.17, 15) is 26.7 Å². The van der Waals surface area contributed by atoms with E-state index in [0.29, 0.717) is 42.5 Å². The highest BCUT2D eigenvalue weighted by atomic mass is 19.4. The van der Waals surface area contributed by atoms with Crippen molar-refractivity contribution in [1.82, 2.24) is 14.3 Å². The van der Waals surface area contributed by atoms with Crippen molar-refractivity contribution in [1.29, 1.82) is 0 Å². The standard InChI is InChI=1S/C25H26F5N3O5/c1-35-20-12-16(13-21(38-24(26)27)23(20)19(34)2-4-25(28,29)30)18-15-31-22-14-17(3-5-33(18)22)37-11-8-32-6-9-36-10-7-32/h3,5,12-15,24H,2,4,6-11H2,1H3. The monoisotopic (exact) mass is 543 g/mol. The molecule has 3 heterocycles. The number of hydrogen-bond donors (Lipinski definition) is 0. The summed E-state index contributed by atoms with van der Waals surface area (Å²) in [6.45, 7) is 0.983. The summed E-state index contributed by atoms with van der Waals surface area (Å²) in [6, 6.07) is 5.97. The number of nitrogens with zero attached hydrogens (tertiary/aromatic N) is 3. The van der Waals surface area contributed by atoms with E-state index in [0.717, 1.165) is 25.7 Å². The van der Waals surface area contributed by atoms with E-state index in [1.165, 1.54) is 19.4 Å². The van der Waals surface area contributed by atoms with Gasteiger partial charge in [0.1, 0.15) is 35.1 Å². The SMILES string of the molecule is COc1cc(-c2cnc3cc(OCCN4CCOCC4)ccn23)cc(OC(F)F)c1C(=O)CCC(F)(F)F. The summed E-state index contributed by atoms with van der Waals surface area (Å²) < 4.78 is 86.8. The molecule has 13 heteroatoms. The maximum atomic E-state index is 13.2. The first-order chi connectivity index (χ1) is 18.1. The molecule has 2 aromatic heterocycles. The summed E-state index contributed by atoms with van der Waals surface area (Å²) in [5.74, 6) is -1.21. The molecule has 1 saturated heterocycles. The van der Waals surface area contributed by atoms with Gasteiger partial charge >= 0.3 is 12.8 Å². The Balaban J connectivity index is 1.59. The molecule has 38 heavy (non-hydrogen) atoms. The number of rotatable bonds is 11. The highest BCUT2D eigenvalue weighted by molar-refractivity contribution is 6.02. The van der Waals surface area contributed by atoms with Crippen LogP contribution in [0.3, 0.4) is 0 Å². The molecule has 1 aliphatic rings. The summed E-state index contributed by atoms with van der Waals surface area (Å²) in [5.41, 5.74) is 0.778. The second kappa shape index (κ2) is 11.9. The zero-order valence-corrected chi connectivity index (χ0v) is 20.5. The number of alkyl halides is 5. The lowest BCUT2D eigenvalue weighted by atomic mass is 10.0. The summed E-state index contributed by atoms with van der Waals surface area (Å²) in [6.07, 6.45) is -3.77. The average Bonchev–Trinajstić information content (AvgIpc) is 3.30. The average molecular weight is 543 g/mol. The van der Waals surface area contributed by atoms with E-state index >= 15 is 0 Å². The fourth-order valence-corrected chi connectivity index (χ4v) is 4.13. The molecule has 206 valence electrons. The molecule has 0 atom stereocenters. The molecule has 4 rings (SSSR count). The van der Waals surface area contributed by atoms with Crippen molar-refractivity contribution >= 4 is 11.4 Å². The summed E-state index contributed by atoms with van der Waals surface area (Å²) in [7, 11) is 1.18. The quantitative estimate of drug-likeness (QED) is 0.253. The number of carbonyl (C=O) groups is 1. The van der Waals surface area contributed by atoms with E-state index in [4.69, 9.17) is 14.2 Å². The molecule has 0 aliphatic carbocycles. The molecule has 0 unspecified atom stereocenters. The van der Waals surface area contributed by atoms with Crippen LogP contribution in [0, 0.1) is 0 Å². The molecule has 1 aromatic carbocycles. The minimum atomic E-state index is -4.59. The normalized spacial score (nSPS) is 14.7. The van der Waals surface area contributed by atoms with Crippen molar-refractivity contribution in [3.63, 3.8) is 0 Å². The smallest absolute Gasteiger partial charge is 0.389 e. The molecular formula is C25H26F5N3O5. The fraction of sp³-hybridized carbons (Fsp3) is 0.440. The number of morpholine rings is 1. The molecule has 0 spiro atoms. The van der Waals surface area contributed by atoms with Crippen molar-refractivity contribution in [2.75, 3.05) is 46.6 Å². The third kappa shape index (κ3) is 6.90. The highest BCUT2D eigenvalue weighted by Crippen LogP contribution is 2.38. The van der Waals surface area contributed by atoms with Crippen molar-refractivity contribution in [3.05, 3.63) is 42.2 Å². The van der Waals surface area contributed by atoms with Crippen LogP contribution in [-0.2, 0) is 4.74 Å². The molecule has 0 N–H and O–H groups in total. The van der Waals surface area contributed by atoms with Crippen LogP contribution in [0.1, 0.15) is 23.2 Å². The number of imidazole rings is 1. The molecule has 0 saturated carbocycles. The second-order valence-electron chi connectivity index (χ2n) is 8.51. The second-order valence-corrected chi connectivity index (χ2v) is 8.51. The van der Waals surface area contributed by atoms with Gasteiger partial charge in [0.25, 0.3) is 0 Å². The van der Waals surface area contributed by atoms with E-state index < -0.39 is 42.7 Å². The van der Waals surface area contributed by atoms with Gasteiger partial charge in [-0.1, -0.05) is 0 Å². The van der Waals surface area contributed by atoms with Gasteiger partial charge < -0.3 is 18.9 Å². The van der Waals surface area contributed by atoms with Crippen molar-refractivity contribution in [2.24, 2.45) is 0 Å². The topological polar surface area (TPSA) is 74.5 Å². The lowest BCUT2D eigenvalue weighted by Crippen LogP contribution is -2.38. The van der Waals surface area contributed by atoms with Crippen molar-refractivity contribution in [2.45, 2.75) is 25.6 Å². The predicted molar refractivity (Wildman–Crippen MR) is 126 cm³/mol. The summed E-state index contributed by atoms with van der Waals surface area (Å²) in [5, 5.41) is 0. The number of methoxy groups -OCH3 is 1. The Labute approximate surface area is 214 Å². The van der Waals surface area contributed by atoms with Gasteiger partial charge in [-0.05, 0) is 18.2 Å². The van der Waals surface area contributed by atoms with Crippen LogP contribution in [0.5, 0.6) is 17.2 Å². The number of hydrogen-bond acceptors (Lipinski definition) is 7. The van der Waals surface area contributed by atoms with Crippen molar-refractivity contribution in [3.8, 4) is 28.5 Å². The number of pyridine rings is 1. The van der Waals surface area contributed by atoms with Gasteiger partial charge in [0.05, 0.1) is 38.6 Å². The Morgan fingerprint density at radius 1 is 1.16 bits per heavy atom. The van der Waals surface area contributed by atoms with Gasteiger partial charge in [0.15, 0.2) is 5.78 Å². The number of Topliss-reactive ketones (excluding diaryl/α,β-unsaturated/α-hetero) is 1. The first kappa shape index (κ1) is 27.6. The highest BCUT2D eigenvalue weighted by Gasteiger charge is 2.31. The molecule has 8 nitrogen and oxygen atoms in total. The van der Waals surface area contributed by atoms with Gasteiger partial charge in [-0.15, -0.1) is 0 Å². The molecule has 3 aromatic rings. The lowest BCUT2D eigenvalue weighted by Gasteiger charge is -2.26. The van der Waals surface area contributed by atoms with Gasteiger partial charge in [-0.3, -0.25) is 14.1 Å². The lowest BCUT2D eigenvalue weighted by molar-refractivity contribution is -0.133. The van der Waals surface area contributed by atoms with Crippen LogP contribution in [0.2, 0.25) is 0 Å². The van der Waals surface area contributed by atoms with Crippen LogP contribution >= 0.6 is 0 Å². The largest absolute Gasteiger partial charge is 0.496 e. The minimum Gasteiger partial charge on any atom is -0.496 e. The summed E-state index contributed by atoms with van der Waals surface area (Å²) in [4.78, 5) is 19.1. The Bertz CT molecular complexity index is 1260. The number of carbonyl (C=O) groups excluding carboxylic acids is 1. The van der Waals surface area contributed by atoms with E-state index in [1.54, 1.807) is 22.7 Å². The third-order valence-electron chi connectivity index (χ3n) is 5.98. The Kier molecular flexibility index (Phi) is 8.67.